The molecule has 0 spiro atoms. The molecule has 76 valence electrons. The molecule has 1 aromatic carbocycles. The van der Waals surface area contributed by atoms with Crippen LogP contribution in [0.25, 0.3) is 6.08 Å². The largest absolute Gasteiger partial charge is 0.465 e. The van der Waals surface area contributed by atoms with Crippen molar-refractivity contribution in [1.29, 1.82) is 5.26 Å². The van der Waals surface area contributed by atoms with Gasteiger partial charge in [-0.25, -0.2) is 4.79 Å². The van der Waals surface area contributed by atoms with Crippen molar-refractivity contribution in [3.8, 4) is 6.07 Å². The van der Waals surface area contributed by atoms with Gasteiger partial charge in [-0.15, -0.1) is 0 Å². The predicted octanol–water partition coefficient (Wildman–Crippen LogP) is 2.53. The van der Waals surface area contributed by atoms with Gasteiger partial charge in [0.2, 0.25) is 0 Å². The Kier molecular flexibility index (Phi) is 4.07. The summed E-state index contributed by atoms with van der Waals surface area (Å²) in [7, 11) is 1.25. The van der Waals surface area contributed by atoms with Crippen LogP contribution in [-0.4, -0.2) is 13.1 Å². The number of methoxy groups -OCH3 is 1. The van der Waals surface area contributed by atoms with Crippen LogP contribution in [-0.2, 0) is 9.53 Å². The number of nitriles is 1. The lowest BCUT2D eigenvalue weighted by molar-refractivity contribution is -0.135. The summed E-state index contributed by atoms with van der Waals surface area (Å²) in [6, 6.07) is 9.05. The third-order valence-electron chi connectivity index (χ3n) is 1.71. The van der Waals surface area contributed by atoms with E-state index in [1.807, 2.05) is 12.1 Å². The molecule has 0 N–H and O–H groups in total. The lowest BCUT2D eigenvalue weighted by Crippen LogP contribution is -2.02. The summed E-state index contributed by atoms with van der Waals surface area (Å²) in [4.78, 5) is 11.1. The van der Waals surface area contributed by atoms with Crippen LogP contribution >= 0.6 is 15.9 Å². The molecule has 0 aliphatic rings. The molecule has 3 nitrogen and oxygen atoms in total. The summed E-state index contributed by atoms with van der Waals surface area (Å²) in [6.07, 6.45) is 1.48. The van der Waals surface area contributed by atoms with Crippen LogP contribution in [0.3, 0.4) is 0 Å². The SMILES string of the molecule is COC(=O)/C(C#N)=C/c1ccc(Br)cc1. The van der Waals surface area contributed by atoms with Crippen molar-refractivity contribution in [2.24, 2.45) is 0 Å². The molecule has 4 heteroatoms. The van der Waals surface area contributed by atoms with Crippen molar-refractivity contribution < 1.29 is 9.53 Å². The summed E-state index contributed by atoms with van der Waals surface area (Å²) in [5.74, 6) is -0.625. The van der Waals surface area contributed by atoms with E-state index in [2.05, 4.69) is 20.7 Å². The minimum atomic E-state index is -0.625. The number of carbonyl (C=O) groups excluding carboxylic acids is 1. The summed E-state index contributed by atoms with van der Waals surface area (Å²) in [5, 5.41) is 8.72. The van der Waals surface area contributed by atoms with Gasteiger partial charge in [-0.1, -0.05) is 28.1 Å². The van der Waals surface area contributed by atoms with Gasteiger partial charge in [0.1, 0.15) is 11.6 Å². The molecule has 0 amide bonds. The Hall–Kier alpha value is -1.60. The standard InChI is InChI=1S/C11H8BrNO2/c1-15-11(14)9(7-13)6-8-2-4-10(12)5-3-8/h2-6H,1H3/b9-6+. The lowest BCUT2D eigenvalue weighted by Gasteiger charge is -1.97. The minimum Gasteiger partial charge on any atom is -0.465 e. The van der Waals surface area contributed by atoms with Crippen LogP contribution in [0.4, 0.5) is 0 Å². The van der Waals surface area contributed by atoms with E-state index in [1.165, 1.54) is 13.2 Å². The quantitative estimate of drug-likeness (QED) is 0.469. The topological polar surface area (TPSA) is 50.1 Å². The van der Waals surface area contributed by atoms with Gasteiger partial charge in [0, 0.05) is 4.47 Å². The Bertz CT molecular complexity index is 429. The van der Waals surface area contributed by atoms with Gasteiger partial charge < -0.3 is 4.74 Å². The maximum Gasteiger partial charge on any atom is 0.348 e. The number of rotatable bonds is 2. The van der Waals surface area contributed by atoms with Gasteiger partial charge in [0.15, 0.2) is 0 Å². The fourth-order valence-electron chi connectivity index (χ4n) is 0.972. The van der Waals surface area contributed by atoms with E-state index in [0.717, 1.165) is 10.0 Å². The number of nitrogens with zero attached hydrogens (tertiary/aromatic N) is 1. The van der Waals surface area contributed by atoms with E-state index in [4.69, 9.17) is 5.26 Å². The second-order valence-corrected chi connectivity index (χ2v) is 3.63. The number of hydrogen-bond acceptors (Lipinski definition) is 3. The first-order chi connectivity index (χ1) is 7.17. The molecule has 0 saturated heterocycles. The number of halogens is 1. The zero-order chi connectivity index (χ0) is 11.3. The summed E-state index contributed by atoms with van der Waals surface area (Å²) < 4.78 is 5.40. The minimum absolute atomic E-state index is 0.0141. The fraction of sp³-hybridized carbons (Fsp3) is 0.0909. The van der Waals surface area contributed by atoms with Gasteiger partial charge in [0.05, 0.1) is 7.11 Å². The smallest absolute Gasteiger partial charge is 0.348 e. The number of ether oxygens (including phenoxy) is 1. The van der Waals surface area contributed by atoms with Gasteiger partial charge >= 0.3 is 5.97 Å². The van der Waals surface area contributed by atoms with Gasteiger partial charge in [-0.05, 0) is 23.8 Å². The van der Waals surface area contributed by atoms with Gasteiger partial charge in [0.25, 0.3) is 0 Å². The van der Waals surface area contributed by atoms with E-state index < -0.39 is 5.97 Å². The van der Waals surface area contributed by atoms with Crippen molar-refractivity contribution in [3.63, 3.8) is 0 Å². The van der Waals surface area contributed by atoms with Gasteiger partial charge in [-0.2, -0.15) is 5.26 Å². The van der Waals surface area contributed by atoms with E-state index in [1.54, 1.807) is 18.2 Å². The second-order valence-electron chi connectivity index (χ2n) is 2.71. The van der Waals surface area contributed by atoms with E-state index in [0.29, 0.717) is 0 Å². The first-order valence-electron chi connectivity index (χ1n) is 4.13. The van der Waals surface area contributed by atoms with Crippen LogP contribution in [0.2, 0.25) is 0 Å². The molecule has 0 aliphatic heterocycles. The molecule has 0 radical (unpaired) electrons. The summed E-state index contributed by atoms with van der Waals surface area (Å²) >= 11 is 3.29. The second kappa shape index (κ2) is 5.32. The molecule has 0 atom stereocenters. The molecule has 1 rings (SSSR count). The molecule has 0 saturated carbocycles. The highest BCUT2D eigenvalue weighted by molar-refractivity contribution is 9.10. The van der Waals surface area contributed by atoms with Crippen molar-refractivity contribution >= 4 is 28.0 Å². The molecule has 0 heterocycles. The van der Waals surface area contributed by atoms with E-state index in [-0.39, 0.29) is 5.57 Å². The number of carbonyl (C=O) groups is 1. The predicted molar refractivity (Wildman–Crippen MR) is 59.7 cm³/mol. The van der Waals surface area contributed by atoms with E-state index in [9.17, 15) is 4.79 Å². The normalized spacial score (nSPS) is 10.6. The average molecular weight is 266 g/mol. The van der Waals surface area contributed by atoms with Gasteiger partial charge in [-0.3, -0.25) is 0 Å². The molecule has 15 heavy (non-hydrogen) atoms. The number of benzene rings is 1. The molecule has 1 aromatic rings. The Morgan fingerprint density at radius 3 is 2.53 bits per heavy atom. The Balaban J connectivity index is 3.00. The van der Waals surface area contributed by atoms with Crippen LogP contribution < -0.4 is 0 Å². The maximum atomic E-state index is 11.1. The van der Waals surface area contributed by atoms with Crippen LogP contribution in [0.1, 0.15) is 5.56 Å². The molecule has 0 aliphatic carbocycles. The number of hydrogen-bond donors (Lipinski definition) is 0. The van der Waals surface area contributed by atoms with Crippen molar-refractivity contribution in [2.75, 3.05) is 7.11 Å². The third-order valence-corrected chi connectivity index (χ3v) is 2.24. The molecular weight excluding hydrogens is 258 g/mol. The highest BCUT2D eigenvalue weighted by atomic mass is 79.9. The first kappa shape index (κ1) is 11.5. The maximum absolute atomic E-state index is 11.1. The Labute approximate surface area is 96.1 Å². The first-order valence-corrected chi connectivity index (χ1v) is 4.92. The van der Waals surface area contributed by atoms with Crippen LogP contribution in [0.5, 0.6) is 0 Å². The summed E-state index contributed by atoms with van der Waals surface area (Å²) in [6.45, 7) is 0. The Morgan fingerprint density at radius 2 is 2.07 bits per heavy atom. The highest BCUT2D eigenvalue weighted by Gasteiger charge is 2.07. The van der Waals surface area contributed by atoms with E-state index >= 15 is 0 Å². The molecule has 0 bridgehead atoms. The number of esters is 1. The zero-order valence-electron chi connectivity index (χ0n) is 8.03. The monoisotopic (exact) mass is 265 g/mol. The molecule has 0 unspecified atom stereocenters. The lowest BCUT2D eigenvalue weighted by atomic mass is 10.1. The molecule has 0 aromatic heterocycles. The van der Waals surface area contributed by atoms with Crippen molar-refractivity contribution in [2.45, 2.75) is 0 Å². The van der Waals surface area contributed by atoms with Crippen LogP contribution in [0, 0.1) is 11.3 Å². The van der Waals surface area contributed by atoms with Crippen molar-refractivity contribution in [3.05, 3.63) is 39.9 Å². The molecular formula is C11H8BrNO2. The highest BCUT2D eigenvalue weighted by Crippen LogP contribution is 2.13. The summed E-state index contributed by atoms with van der Waals surface area (Å²) in [5.41, 5.74) is 0.764. The molecule has 0 fully saturated rings. The van der Waals surface area contributed by atoms with Crippen LogP contribution in [0.15, 0.2) is 34.3 Å². The Morgan fingerprint density at radius 1 is 1.47 bits per heavy atom. The fourth-order valence-corrected chi connectivity index (χ4v) is 1.24. The zero-order valence-corrected chi connectivity index (χ0v) is 9.61. The van der Waals surface area contributed by atoms with Crippen molar-refractivity contribution in [1.82, 2.24) is 0 Å². The average Bonchev–Trinajstić information content (AvgIpc) is 2.27. The third kappa shape index (κ3) is 3.22.